The van der Waals surface area contributed by atoms with Gasteiger partial charge in [0.1, 0.15) is 0 Å². The molecule has 4 rings (SSSR count). The average Bonchev–Trinajstić information content (AvgIpc) is 3.22. The normalized spacial score (nSPS) is 14.2. The highest BCUT2D eigenvalue weighted by atomic mass is 19.1. The number of carbonyl (C=O) groups is 1. The predicted octanol–water partition coefficient (Wildman–Crippen LogP) is 1.05. The maximum Gasteiger partial charge on any atom is 0.255 e. The van der Waals surface area contributed by atoms with E-state index in [0.717, 1.165) is 0 Å². The molecule has 3 aromatic rings. The van der Waals surface area contributed by atoms with Crippen molar-refractivity contribution < 1.29 is 9.18 Å². The molecule has 0 bridgehead atoms. The van der Waals surface area contributed by atoms with Crippen LogP contribution in [0.2, 0.25) is 0 Å². The third-order valence-electron chi connectivity index (χ3n) is 4.14. The van der Waals surface area contributed by atoms with E-state index in [-0.39, 0.29) is 12.2 Å². The molecule has 1 amide bonds. The highest BCUT2D eigenvalue weighted by molar-refractivity contribution is 6.05. The number of carbonyl (C=O) groups excluding carboxylic acids is 1. The number of hydrogen-bond donors (Lipinski definition) is 2. The lowest BCUT2D eigenvalue weighted by molar-refractivity contribution is -0.113. The first-order valence-electron chi connectivity index (χ1n) is 7.19. The summed E-state index contributed by atoms with van der Waals surface area (Å²) in [6.07, 6.45) is 1.38. The summed E-state index contributed by atoms with van der Waals surface area (Å²) in [4.78, 5) is 14.3. The molecule has 3 heterocycles. The van der Waals surface area contributed by atoms with Crippen molar-refractivity contribution in [1.29, 1.82) is 0 Å². The molecule has 9 nitrogen and oxygen atoms in total. The summed E-state index contributed by atoms with van der Waals surface area (Å²) >= 11 is 0. The van der Waals surface area contributed by atoms with Gasteiger partial charge >= 0.3 is 0 Å². The third-order valence-corrected chi connectivity index (χ3v) is 4.14. The number of allylic oxidation sites excluding steroid dienone is 1. The number of fused-ring (bicyclic) bond motifs is 2. The van der Waals surface area contributed by atoms with Crippen molar-refractivity contribution in [2.45, 2.75) is 13.5 Å². The first-order valence-corrected chi connectivity index (χ1v) is 7.19. The number of halogens is 1. The molecule has 10 heteroatoms. The summed E-state index contributed by atoms with van der Waals surface area (Å²) in [5, 5.41) is 20.8. The lowest BCUT2D eigenvalue weighted by Gasteiger charge is -2.26. The van der Waals surface area contributed by atoms with Crippen LogP contribution >= 0.6 is 0 Å². The van der Waals surface area contributed by atoms with Gasteiger partial charge in [0.25, 0.3) is 5.91 Å². The maximum atomic E-state index is 14.5. The minimum atomic E-state index is -0.528. The number of rotatable bonds is 2. The van der Waals surface area contributed by atoms with E-state index in [1.165, 1.54) is 16.9 Å². The highest BCUT2D eigenvalue weighted by Gasteiger charge is 2.27. The summed E-state index contributed by atoms with van der Waals surface area (Å²) < 4.78 is 16.0. The molecule has 2 N–H and O–H groups in total. The van der Waals surface area contributed by atoms with Crippen molar-refractivity contribution in [1.82, 2.24) is 30.4 Å². The predicted molar refractivity (Wildman–Crippen MR) is 83.6 cm³/mol. The van der Waals surface area contributed by atoms with Crippen LogP contribution in [-0.2, 0) is 11.3 Å². The Morgan fingerprint density at radius 1 is 1.42 bits per heavy atom. The summed E-state index contributed by atoms with van der Waals surface area (Å²) in [5.74, 6) is -0.377. The van der Waals surface area contributed by atoms with Crippen LogP contribution in [0, 0.1) is 5.82 Å². The highest BCUT2D eigenvalue weighted by Crippen LogP contribution is 2.26. The molecule has 0 saturated heterocycles. The van der Waals surface area contributed by atoms with Gasteiger partial charge in [-0.25, -0.2) is 9.07 Å². The fraction of sp³-hybridized carbons (Fsp3) is 0.214. The van der Waals surface area contributed by atoms with Crippen molar-refractivity contribution in [2.75, 3.05) is 17.3 Å². The monoisotopic (exact) mass is 328 g/mol. The minimum Gasteiger partial charge on any atom is -0.320 e. The van der Waals surface area contributed by atoms with E-state index in [1.54, 1.807) is 24.9 Å². The molecule has 0 aliphatic carbocycles. The van der Waals surface area contributed by atoms with E-state index in [9.17, 15) is 9.18 Å². The topological polar surface area (TPSA) is 105 Å². The van der Waals surface area contributed by atoms with Crippen molar-refractivity contribution in [2.24, 2.45) is 0 Å². The zero-order valence-corrected chi connectivity index (χ0v) is 12.9. The molecule has 0 atom stereocenters. The van der Waals surface area contributed by atoms with Gasteiger partial charge in [-0.05, 0) is 29.5 Å². The molecule has 24 heavy (non-hydrogen) atoms. The molecule has 0 spiro atoms. The van der Waals surface area contributed by atoms with Gasteiger partial charge in [0.15, 0.2) is 5.82 Å². The first-order chi connectivity index (χ1) is 11.6. The van der Waals surface area contributed by atoms with Crippen LogP contribution < -0.4 is 10.2 Å². The van der Waals surface area contributed by atoms with Gasteiger partial charge in [-0.2, -0.15) is 5.10 Å². The van der Waals surface area contributed by atoms with E-state index in [4.69, 9.17) is 0 Å². The minimum absolute atomic E-state index is 0.0966. The van der Waals surface area contributed by atoms with Crippen LogP contribution in [0.25, 0.3) is 10.9 Å². The van der Waals surface area contributed by atoms with Crippen LogP contribution in [-0.4, -0.2) is 43.4 Å². The molecule has 2 aromatic heterocycles. The lowest BCUT2D eigenvalue weighted by atomic mass is 10.1. The molecule has 0 saturated carbocycles. The number of H-pyrrole nitrogens is 1. The van der Waals surface area contributed by atoms with Crippen molar-refractivity contribution >= 4 is 28.4 Å². The molecule has 1 aliphatic rings. The number of tetrazole rings is 1. The molecular weight excluding hydrogens is 315 g/mol. The van der Waals surface area contributed by atoms with Gasteiger partial charge in [-0.3, -0.25) is 9.89 Å². The van der Waals surface area contributed by atoms with Gasteiger partial charge in [-0.15, -0.1) is 0 Å². The van der Waals surface area contributed by atoms with E-state index in [0.29, 0.717) is 28.1 Å². The molecular formula is C14H13FN8O. The largest absolute Gasteiger partial charge is 0.320 e. The third kappa shape index (κ3) is 2.03. The number of hydrogen-bond acceptors (Lipinski definition) is 6. The van der Waals surface area contributed by atoms with Crippen molar-refractivity contribution in [3.8, 4) is 0 Å². The summed E-state index contributed by atoms with van der Waals surface area (Å²) in [5.41, 5.74) is 1.83. The quantitative estimate of drug-likeness (QED) is 0.728. The molecule has 122 valence electrons. The molecule has 1 aliphatic heterocycles. The fourth-order valence-electron chi connectivity index (χ4n) is 2.67. The van der Waals surface area contributed by atoms with E-state index in [2.05, 4.69) is 31.0 Å². The Labute approximate surface area is 135 Å². The standard InChI is InChI=1S/C14H13FN8O/c1-7-9(6-23-14(22(7)2)19-20-21-23)13(24)17-11-4-3-10-8(12(11)15)5-16-18-10/h3-5H,6H2,1-2H3,(H,16,18)(H,17,24). The number of benzene rings is 1. The van der Waals surface area contributed by atoms with E-state index in [1.807, 2.05) is 0 Å². The zero-order chi connectivity index (χ0) is 16.8. The average molecular weight is 328 g/mol. The maximum absolute atomic E-state index is 14.5. The number of amides is 1. The number of nitrogens with zero attached hydrogens (tertiary/aromatic N) is 6. The summed E-state index contributed by atoms with van der Waals surface area (Å²) in [7, 11) is 1.77. The van der Waals surface area contributed by atoms with Gasteiger partial charge in [-0.1, -0.05) is 5.10 Å². The number of nitrogens with one attached hydrogen (secondary N) is 2. The van der Waals surface area contributed by atoms with E-state index < -0.39 is 11.7 Å². The van der Waals surface area contributed by atoms with Crippen molar-refractivity contribution in [3.63, 3.8) is 0 Å². The van der Waals surface area contributed by atoms with Gasteiger partial charge in [0.05, 0.1) is 34.9 Å². The van der Waals surface area contributed by atoms with Gasteiger partial charge in [0.2, 0.25) is 5.95 Å². The Morgan fingerprint density at radius 3 is 3.08 bits per heavy atom. The van der Waals surface area contributed by atoms with Crippen LogP contribution in [0.4, 0.5) is 16.0 Å². The second-order valence-corrected chi connectivity index (χ2v) is 5.47. The molecule has 0 radical (unpaired) electrons. The summed E-state index contributed by atoms with van der Waals surface area (Å²) in [6, 6.07) is 3.16. The number of aromatic nitrogens is 6. The van der Waals surface area contributed by atoms with Crippen LogP contribution in [0.5, 0.6) is 0 Å². The Balaban J connectivity index is 1.66. The number of anilines is 2. The SMILES string of the molecule is CC1=C(C(=O)Nc2ccc3[nH]ncc3c2F)Cn2nnnc2N1C. The smallest absolute Gasteiger partial charge is 0.255 e. The zero-order valence-electron chi connectivity index (χ0n) is 12.9. The second-order valence-electron chi connectivity index (χ2n) is 5.47. The van der Waals surface area contributed by atoms with Crippen LogP contribution in [0.3, 0.4) is 0 Å². The second kappa shape index (κ2) is 5.11. The Bertz CT molecular complexity index is 988. The lowest BCUT2D eigenvalue weighted by Crippen LogP contribution is -2.32. The van der Waals surface area contributed by atoms with Gasteiger partial charge in [0, 0.05) is 12.7 Å². The summed E-state index contributed by atoms with van der Waals surface area (Å²) in [6.45, 7) is 2.02. The Morgan fingerprint density at radius 2 is 2.25 bits per heavy atom. The number of aromatic amines is 1. The molecule has 0 fully saturated rings. The first kappa shape index (κ1) is 14.3. The molecule has 1 aromatic carbocycles. The Hall–Kier alpha value is -3.30. The van der Waals surface area contributed by atoms with Crippen LogP contribution in [0.15, 0.2) is 29.6 Å². The van der Waals surface area contributed by atoms with Gasteiger partial charge < -0.3 is 10.2 Å². The van der Waals surface area contributed by atoms with Crippen molar-refractivity contribution in [3.05, 3.63) is 35.4 Å². The fourth-order valence-corrected chi connectivity index (χ4v) is 2.67. The molecule has 0 unspecified atom stereocenters. The van der Waals surface area contributed by atoms with Crippen LogP contribution in [0.1, 0.15) is 6.92 Å². The Kier molecular flexibility index (Phi) is 3.05. The van der Waals surface area contributed by atoms with E-state index >= 15 is 0 Å².